The molecule has 0 unspecified atom stereocenters. The van der Waals surface area contributed by atoms with Crippen LogP contribution >= 0.6 is 15.9 Å². The van der Waals surface area contributed by atoms with Crippen molar-refractivity contribution in [2.24, 2.45) is 0 Å². The first-order valence-corrected chi connectivity index (χ1v) is 7.80. The van der Waals surface area contributed by atoms with E-state index in [0.29, 0.717) is 13.1 Å². The van der Waals surface area contributed by atoms with E-state index in [4.69, 9.17) is 9.15 Å². The Kier molecular flexibility index (Phi) is 3.48. The maximum atomic E-state index is 12.1. The van der Waals surface area contributed by atoms with Gasteiger partial charge in [-0.25, -0.2) is 4.79 Å². The zero-order valence-corrected chi connectivity index (χ0v) is 14.0. The summed E-state index contributed by atoms with van der Waals surface area (Å²) in [4.78, 5) is 13.8. The maximum absolute atomic E-state index is 12.1. The third-order valence-corrected chi connectivity index (χ3v) is 3.95. The highest BCUT2D eigenvalue weighted by Crippen LogP contribution is 2.32. The van der Waals surface area contributed by atoms with Gasteiger partial charge in [0, 0.05) is 22.0 Å². The van der Waals surface area contributed by atoms with Crippen molar-refractivity contribution < 1.29 is 13.9 Å². The fraction of sp³-hybridized carbons (Fsp3) is 0.438. The van der Waals surface area contributed by atoms with Gasteiger partial charge in [-0.3, -0.25) is 0 Å². The molecule has 2 aromatic rings. The molecule has 0 atom stereocenters. The Balaban J connectivity index is 1.86. The summed E-state index contributed by atoms with van der Waals surface area (Å²) in [6, 6.07) is 6.04. The minimum absolute atomic E-state index is 0.283. The van der Waals surface area contributed by atoms with E-state index in [1.54, 1.807) is 4.90 Å². The van der Waals surface area contributed by atoms with Crippen molar-refractivity contribution in [2.75, 3.05) is 6.54 Å². The molecule has 1 aromatic carbocycles. The second-order valence-electron chi connectivity index (χ2n) is 6.30. The van der Waals surface area contributed by atoms with Crippen LogP contribution in [0.15, 0.2) is 27.1 Å². The molecule has 0 saturated carbocycles. The number of hydrogen-bond donors (Lipinski definition) is 0. The van der Waals surface area contributed by atoms with E-state index in [-0.39, 0.29) is 6.09 Å². The molecule has 1 aromatic heterocycles. The number of amides is 1. The smallest absolute Gasteiger partial charge is 0.410 e. The highest BCUT2D eigenvalue weighted by molar-refractivity contribution is 9.10. The Morgan fingerprint density at radius 1 is 1.38 bits per heavy atom. The van der Waals surface area contributed by atoms with Crippen LogP contribution in [-0.2, 0) is 17.7 Å². The van der Waals surface area contributed by atoms with Crippen LogP contribution in [0, 0.1) is 0 Å². The van der Waals surface area contributed by atoms with Crippen molar-refractivity contribution in [2.45, 2.75) is 39.3 Å². The first kappa shape index (κ1) is 14.4. The summed E-state index contributed by atoms with van der Waals surface area (Å²) >= 11 is 3.45. The number of furan rings is 1. The number of benzene rings is 1. The maximum Gasteiger partial charge on any atom is 0.410 e. The summed E-state index contributed by atoms with van der Waals surface area (Å²) in [5, 5.41) is 1.14. The highest BCUT2D eigenvalue weighted by Gasteiger charge is 2.28. The molecule has 3 rings (SSSR count). The number of halogens is 1. The molecule has 0 aliphatic carbocycles. The predicted molar refractivity (Wildman–Crippen MR) is 84.3 cm³/mol. The fourth-order valence-corrected chi connectivity index (χ4v) is 2.90. The van der Waals surface area contributed by atoms with Gasteiger partial charge >= 0.3 is 6.09 Å². The summed E-state index contributed by atoms with van der Waals surface area (Å²) < 4.78 is 12.3. The number of fused-ring (bicyclic) bond motifs is 3. The Morgan fingerprint density at radius 3 is 2.86 bits per heavy atom. The number of carbonyl (C=O) groups is 1. The van der Waals surface area contributed by atoms with E-state index in [0.717, 1.165) is 27.6 Å². The largest absolute Gasteiger partial charge is 0.459 e. The van der Waals surface area contributed by atoms with E-state index in [1.807, 2.05) is 32.9 Å². The Labute approximate surface area is 132 Å². The summed E-state index contributed by atoms with van der Waals surface area (Å²) in [6.45, 7) is 6.75. The number of nitrogens with zero attached hydrogens (tertiary/aromatic N) is 1. The standard InChI is InChI=1S/C16H18BrNO3/c1-16(2,3)21-15(19)18-7-6-12-11-5-4-10(17)8-13(11)20-14(12)9-18/h4-5,8H,6-7,9H2,1-3H3. The highest BCUT2D eigenvalue weighted by atomic mass is 79.9. The molecule has 1 aliphatic heterocycles. The summed E-state index contributed by atoms with van der Waals surface area (Å²) in [5.74, 6) is 0.861. The molecule has 0 radical (unpaired) electrons. The number of carbonyl (C=O) groups excluding carboxylic acids is 1. The number of rotatable bonds is 0. The van der Waals surface area contributed by atoms with Crippen molar-refractivity contribution in [1.29, 1.82) is 0 Å². The van der Waals surface area contributed by atoms with Gasteiger partial charge in [-0.05, 0) is 45.4 Å². The second-order valence-corrected chi connectivity index (χ2v) is 7.21. The third-order valence-electron chi connectivity index (χ3n) is 3.46. The Hall–Kier alpha value is -1.49. The normalized spacial score (nSPS) is 15.1. The first-order chi connectivity index (χ1) is 9.83. The minimum atomic E-state index is -0.476. The van der Waals surface area contributed by atoms with Crippen LogP contribution in [-0.4, -0.2) is 23.1 Å². The van der Waals surface area contributed by atoms with Crippen molar-refractivity contribution in [3.8, 4) is 0 Å². The van der Waals surface area contributed by atoms with Crippen LogP contribution in [0.2, 0.25) is 0 Å². The average Bonchev–Trinajstić information content (AvgIpc) is 2.72. The van der Waals surface area contributed by atoms with Crippen molar-refractivity contribution in [3.63, 3.8) is 0 Å². The minimum Gasteiger partial charge on any atom is -0.459 e. The van der Waals surface area contributed by atoms with Gasteiger partial charge in [0.05, 0.1) is 6.54 Å². The quantitative estimate of drug-likeness (QED) is 0.702. The SMILES string of the molecule is CC(C)(C)OC(=O)N1CCc2c(oc3cc(Br)ccc23)C1. The van der Waals surface area contributed by atoms with Crippen molar-refractivity contribution >= 4 is 33.0 Å². The van der Waals surface area contributed by atoms with Gasteiger partial charge < -0.3 is 14.1 Å². The van der Waals surface area contributed by atoms with Crippen molar-refractivity contribution in [1.82, 2.24) is 4.90 Å². The van der Waals surface area contributed by atoms with E-state index in [1.165, 1.54) is 5.56 Å². The lowest BCUT2D eigenvalue weighted by atomic mass is 10.0. The van der Waals surface area contributed by atoms with E-state index in [9.17, 15) is 4.79 Å². The zero-order valence-electron chi connectivity index (χ0n) is 12.4. The molecule has 0 fully saturated rings. The van der Waals surface area contributed by atoms with Crippen molar-refractivity contribution in [3.05, 3.63) is 34.0 Å². The van der Waals surface area contributed by atoms with Crippen LogP contribution < -0.4 is 0 Å². The molecule has 0 bridgehead atoms. The molecule has 112 valence electrons. The van der Waals surface area contributed by atoms with Gasteiger partial charge in [0.1, 0.15) is 16.9 Å². The molecule has 5 heteroatoms. The lowest BCUT2D eigenvalue weighted by molar-refractivity contribution is 0.0210. The van der Waals surface area contributed by atoms with Gasteiger partial charge in [0.2, 0.25) is 0 Å². The lowest BCUT2D eigenvalue weighted by Crippen LogP contribution is -2.39. The van der Waals surface area contributed by atoms with E-state index in [2.05, 4.69) is 22.0 Å². The molecule has 2 heterocycles. The molecule has 4 nitrogen and oxygen atoms in total. The summed E-state index contributed by atoms with van der Waals surface area (Å²) in [5.41, 5.74) is 1.59. The van der Waals surface area contributed by atoms with Crippen LogP contribution in [0.3, 0.4) is 0 Å². The Bertz CT molecular complexity index is 699. The van der Waals surface area contributed by atoms with Crippen LogP contribution in [0.1, 0.15) is 32.1 Å². The first-order valence-electron chi connectivity index (χ1n) is 7.01. The molecule has 0 saturated heterocycles. The van der Waals surface area contributed by atoms with Gasteiger partial charge in [-0.15, -0.1) is 0 Å². The lowest BCUT2D eigenvalue weighted by Gasteiger charge is -2.29. The molecule has 0 spiro atoms. The average molecular weight is 352 g/mol. The second kappa shape index (κ2) is 5.05. The monoisotopic (exact) mass is 351 g/mol. The molecule has 21 heavy (non-hydrogen) atoms. The molecule has 0 N–H and O–H groups in total. The fourth-order valence-electron chi connectivity index (χ4n) is 2.56. The van der Waals surface area contributed by atoms with Gasteiger partial charge in [-0.1, -0.05) is 15.9 Å². The van der Waals surface area contributed by atoms with E-state index >= 15 is 0 Å². The topological polar surface area (TPSA) is 42.7 Å². The van der Waals surface area contributed by atoms with Gasteiger partial charge in [0.15, 0.2) is 0 Å². The van der Waals surface area contributed by atoms with Gasteiger partial charge in [0.25, 0.3) is 0 Å². The predicted octanol–water partition coefficient (Wildman–Crippen LogP) is 4.49. The van der Waals surface area contributed by atoms with Crippen LogP contribution in [0.4, 0.5) is 4.79 Å². The number of ether oxygens (including phenoxy) is 1. The van der Waals surface area contributed by atoms with Crippen LogP contribution in [0.25, 0.3) is 11.0 Å². The molecule has 1 aliphatic rings. The molecular formula is C16H18BrNO3. The summed E-state index contributed by atoms with van der Waals surface area (Å²) in [7, 11) is 0. The Morgan fingerprint density at radius 2 is 2.14 bits per heavy atom. The van der Waals surface area contributed by atoms with Gasteiger partial charge in [-0.2, -0.15) is 0 Å². The number of hydrogen-bond acceptors (Lipinski definition) is 3. The van der Waals surface area contributed by atoms with Crippen LogP contribution in [0.5, 0.6) is 0 Å². The third kappa shape index (κ3) is 2.93. The van der Waals surface area contributed by atoms with E-state index < -0.39 is 5.60 Å². The zero-order chi connectivity index (χ0) is 15.2. The molecular weight excluding hydrogens is 334 g/mol. The molecule has 1 amide bonds. The summed E-state index contributed by atoms with van der Waals surface area (Å²) in [6.07, 6.45) is 0.512.